The van der Waals surface area contributed by atoms with Gasteiger partial charge in [0.2, 0.25) is 0 Å². The molecule has 2 amide bonds. The summed E-state index contributed by atoms with van der Waals surface area (Å²) < 4.78 is 33.9. The summed E-state index contributed by atoms with van der Waals surface area (Å²) in [5.41, 5.74) is 2.32. The van der Waals surface area contributed by atoms with Crippen molar-refractivity contribution in [1.82, 2.24) is 9.80 Å². The number of amides is 2. The van der Waals surface area contributed by atoms with Gasteiger partial charge in [-0.25, -0.2) is 13.2 Å². The Kier molecular flexibility index (Phi) is 8.19. The number of hydrogen-bond acceptors (Lipinski definition) is 5. The summed E-state index contributed by atoms with van der Waals surface area (Å²) in [7, 11) is -3.87. The molecule has 0 spiro atoms. The molecule has 1 aliphatic heterocycles. The van der Waals surface area contributed by atoms with E-state index in [9.17, 15) is 18.0 Å². The van der Waals surface area contributed by atoms with Gasteiger partial charge in [-0.1, -0.05) is 38.1 Å². The molecule has 1 aliphatic rings. The second-order valence-electron chi connectivity index (χ2n) is 9.00. The molecule has 0 saturated carbocycles. The summed E-state index contributed by atoms with van der Waals surface area (Å²) in [6.45, 7) is 9.62. The lowest BCUT2D eigenvalue weighted by molar-refractivity contribution is 0.0745. The Morgan fingerprint density at radius 3 is 2.35 bits per heavy atom. The first kappa shape index (κ1) is 25.6. The van der Waals surface area contributed by atoms with Crippen LogP contribution in [-0.2, 0) is 14.8 Å². The third kappa shape index (κ3) is 6.28. The second-order valence-corrected chi connectivity index (χ2v) is 10.7. The van der Waals surface area contributed by atoms with E-state index in [0.29, 0.717) is 56.0 Å². The van der Waals surface area contributed by atoms with Gasteiger partial charge in [-0.3, -0.25) is 9.52 Å². The molecular weight excluding hydrogens is 454 g/mol. The van der Waals surface area contributed by atoms with E-state index < -0.39 is 10.0 Å². The first-order valence-electron chi connectivity index (χ1n) is 11.5. The fourth-order valence-electron chi connectivity index (χ4n) is 3.69. The fourth-order valence-corrected chi connectivity index (χ4v) is 4.85. The molecule has 0 aliphatic carbocycles. The summed E-state index contributed by atoms with van der Waals surface area (Å²) in [6, 6.07) is 11.7. The Morgan fingerprint density at radius 1 is 0.971 bits per heavy atom. The van der Waals surface area contributed by atoms with Crippen LogP contribution >= 0.6 is 0 Å². The van der Waals surface area contributed by atoms with Crippen molar-refractivity contribution in [2.45, 2.75) is 39.0 Å². The highest BCUT2D eigenvalue weighted by Crippen LogP contribution is 2.23. The molecule has 2 aromatic rings. The maximum atomic E-state index is 13.3. The minimum Gasteiger partial charge on any atom is -0.449 e. The standard InChI is InChI=1S/C25H33N3O5S/c1-18(2)17-33-25(30)28-13-7-12-27(14-15-28)24(29)22-16-21(11-10-19(22)3)34(31,32)26-23-9-6-5-8-20(23)4/h5-6,8-11,16,18,26H,7,12-15,17H2,1-4H3. The highest BCUT2D eigenvalue weighted by molar-refractivity contribution is 7.92. The third-order valence-corrected chi connectivity index (χ3v) is 7.08. The normalized spacial score (nSPS) is 14.6. The van der Waals surface area contributed by atoms with Gasteiger partial charge in [0.15, 0.2) is 0 Å². The zero-order chi connectivity index (χ0) is 24.9. The molecule has 0 atom stereocenters. The van der Waals surface area contributed by atoms with Gasteiger partial charge >= 0.3 is 6.09 Å². The number of carbonyl (C=O) groups excluding carboxylic acids is 2. The summed E-state index contributed by atoms with van der Waals surface area (Å²) in [4.78, 5) is 29.0. The molecule has 2 aromatic carbocycles. The van der Waals surface area contributed by atoms with Gasteiger partial charge in [-0.05, 0) is 55.5 Å². The largest absolute Gasteiger partial charge is 0.449 e. The zero-order valence-electron chi connectivity index (χ0n) is 20.2. The van der Waals surface area contributed by atoms with Crippen molar-refractivity contribution in [2.75, 3.05) is 37.5 Å². The Hall–Kier alpha value is -3.07. The number of rotatable bonds is 6. The number of benzene rings is 2. The summed E-state index contributed by atoms with van der Waals surface area (Å²) in [6.07, 6.45) is 0.253. The van der Waals surface area contributed by atoms with Crippen molar-refractivity contribution >= 4 is 27.7 Å². The Morgan fingerprint density at radius 2 is 1.65 bits per heavy atom. The molecule has 9 heteroatoms. The van der Waals surface area contributed by atoms with Crippen LogP contribution in [0.1, 0.15) is 41.8 Å². The molecule has 8 nitrogen and oxygen atoms in total. The van der Waals surface area contributed by atoms with E-state index in [1.54, 1.807) is 34.9 Å². The Labute approximate surface area is 201 Å². The van der Waals surface area contributed by atoms with Gasteiger partial charge in [-0.2, -0.15) is 0 Å². The summed E-state index contributed by atoms with van der Waals surface area (Å²) >= 11 is 0. The van der Waals surface area contributed by atoms with Gasteiger partial charge in [0.1, 0.15) is 0 Å². The minimum absolute atomic E-state index is 0.0263. The smallest absolute Gasteiger partial charge is 0.409 e. The second kappa shape index (κ2) is 10.9. The molecule has 1 heterocycles. The van der Waals surface area contributed by atoms with Gasteiger partial charge < -0.3 is 14.5 Å². The number of nitrogens with one attached hydrogen (secondary N) is 1. The van der Waals surface area contributed by atoms with Crippen LogP contribution in [0.5, 0.6) is 0 Å². The topological polar surface area (TPSA) is 96.0 Å². The monoisotopic (exact) mass is 487 g/mol. The minimum atomic E-state index is -3.87. The van der Waals surface area contributed by atoms with Crippen molar-refractivity contribution in [1.29, 1.82) is 0 Å². The third-order valence-electron chi connectivity index (χ3n) is 5.72. The molecule has 0 bridgehead atoms. The van der Waals surface area contributed by atoms with Crippen LogP contribution in [0.3, 0.4) is 0 Å². The Bertz CT molecular complexity index is 1150. The van der Waals surface area contributed by atoms with Gasteiger partial charge in [0.05, 0.1) is 17.2 Å². The SMILES string of the molecule is Cc1ccccc1NS(=O)(=O)c1ccc(C)c(C(=O)N2CCCN(C(=O)OCC(C)C)CC2)c1. The van der Waals surface area contributed by atoms with E-state index in [0.717, 1.165) is 5.56 Å². The van der Waals surface area contributed by atoms with Crippen molar-refractivity contribution in [3.05, 3.63) is 59.2 Å². The number of para-hydroxylation sites is 1. The number of hydrogen-bond donors (Lipinski definition) is 1. The number of anilines is 1. The van der Waals surface area contributed by atoms with E-state index in [4.69, 9.17) is 4.74 Å². The lowest BCUT2D eigenvalue weighted by atomic mass is 10.1. The fraction of sp³-hybridized carbons (Fsp3) is 0.440. The number of ether oxygens (including phenoxy) is 1. The van der Waals surface area contributed by atoms with Crippen molar-refractivity contribution in [3.8, 4) is 0 Å². The van der Waals surface area contributed by atoms with Crippen LogP contribution in [-0.4, -0.2) is 63.0 Å². The van der Waals surface area contributed by atoms with E-state index in [1.807, 2.05) is 32.9 Å². The zero-order valence-corrected chi connectivity index (χ0v) is 21.0. The van der Waals surface area contributed by atoms with Gasteiger partial charge in [0, 0.05) is 31.7 Å². The number of sulfonamides is 1. The molecule has 1 N–H and O–H groups in total. The number of nitrogens with zero attached hydrogens (tertiary/aromatic N) is 2. The van der Waals surface area contributed by atoms with E-state index in [2.05, 4.69) is 4.72 Å². The molecule has 1 fully saturated rings. The highest BCUT2D eigenvalue weighted by atomic mass is 32.2. The van der Waals surface area contributed by atoms with E-state index in [-0.39, 0.29) is 22.8 Å². The highest BCUT2D eigenvalue weighted by Gasteiger charge is 2.26. The van der Waals surface area contributed by atoms with Gasteiger partial charge in [-0.15, -0.1) is 0 Å². The Balaban J connectivity index is 1.74. The molecule has 34 heavy (non-hydrogen) atoms. The molecule has 1 saturated heterocycles. The predicted octanol–water partition coefficient (Wildman–Crippen LogP) is 4.04. The maximum absolute atomic E-state index is 13.3. The van der Waals surface area contributed by atoms with Crippen LogP contribution in [0.25, 0.3) is 0 Å². The lowest BCUT2D eigenvalue weighted by Gasteiger charge is -2.23. The maximum Gasteiger partial charge on any atom is 0.409 e. The van der Waals surface area contributed by atoms with Gasteiger partial charge in [0.25, 0.3) is 15.9 Å². The average molecular weight is 488 g/mol. The first-order valence-corrected chi connectivity index (χ1v) is 13.0. The van der Waals surface area contributed by atoms with Crippen molar-refractivity contribution in [3.63, 3.8) is 0 Å². The number of aryl methyl sites for hydroxylation is 2. The van der Waals surface area contributed by atoms with Crippen LogP contribution < -0.4 is 4.72 Å². The molecule has 3 rings (SSSR count). The lowest BCUT2D eigenvalue weighted by Crippen LogP contribution is -2.38. The van der Waals surface area contributed by atoms with Crippen molar-refractivity contribution < 1.29 is 22.7 Å². The van der Waals surface area contributed by atoms with Crippen LogP contribution in [0, 0.1) is 19.8 Å². The average Bonchev–Trinajstić information content (AvgIpc) is 3.05. The van der Waals surface area contributed by atoms with E-state index in [1.165, 1.54) is 12.1 Å². The molecule has 184 valence electrons. The van der Waals surface area contributed by atoms with Crippen LogP contribution in [0.15, 0.2) is 47.4 Å². The summed E-state index contributed by atoms with van der Waals surface area (Å²) in [5.74, 6) is 0.00340. The van der Waals surface area contributed by atoms with Crippen LogP contribution in [0.4, 0.5) is 10.5 Å². The molecular formula is C25H33N3O5S. The molecule has 0 aromatic heterocycles. The predicted molar refractivity (Wildman–Crippen MR) is 131 cm³/mol. The first-order chi connectivity index (χ1) is 16.1. The quantitative estimate of drug-likeness (QED) is 0.663. The summed E-state index contributed by atoms with van der Waals surface area (Å²) in [5, 5.41) is 0. The van der Waals surface area contributed by atoms with Crippen LogP contribution in [0.2, 0.25) is 0 Å². The molecule has 0 unspecified atom stereocenters. The van der Waals surface area contributed by atoms with Crippen molar-refractivity contribution in [2.24, 2.45) is 5.92 Å². The number of carbonyl (C=O) groups is 2. The molecule has 0 radical (unpaired) electrons. The van der Waals surface area contributed by atoms with E-state index >= 15 is 0 Å².